The number of halogens is 1. The number of hydrogen-bond acceptors (Lipinski definition) is 4. The molecular weight excluding hydrogens is 270 g/mol. The van der Waals surface area contributed by atoms with Gasteiger partial charge in [0.15, 0.2) is 0 Å². The molecule has 1 aromatic heterocycles. The Bertz CT molecular complexity index is 318. The van der Waals surface area contributed by atoms with Gasteiger partial charge in [0.25, 0.3) is 0 Å². The van der Waals surface area contributed by atoms with Crippen LogP contribution in [0, 0.1) is 0 Å². The molecule has 0 amide bonds. The Kier molecular flexibility index (Phi) is 5.69. The normalized spacial score (nSPS) is 10.8. The summed E-state index contributed by atoms with van der Waals surface area (Å²) in [7, 11) is 0. The highest BCUT2D eigenvalue weighted by molar-refractivity contribution is 9.10. The summed E-state index contributed by atoms with van der Waals surface area (Å²) in [6.45, 7) is 5.02. The molecule has 0 fully saturated rings. The second kappa shape index (κ2) is 6.81. The van der Waals surface area contributed by atoms with Gasteiger partial charge in [0.05, 0.1) is 11.1 Å². The van der Waals surface area contributed by atoms with Crippen molar-refractivity contribution in [2.24, 2.45) is 0 Å². The van der Waals surface area contributed by atoms with E-state index in [0.717, 1.165) is 23.1 Å². The number of hydrogen-bond donors (Lipinski definition) is 1. The summed E-state index contributed by atoms with van der Waals surface area (Å²) in [6.07, 6.45) is 5.34. The third-order valence-corrected chi connectivity index (χ3v) is 3.20. The van der Waals surface area contributed by atoms with Crippen molar-refractivity contribution in [2.45, 2.75) is 32.7 Å². The van der Waals surface area contributed by atoms with Crippen molar-refractivity contribution in [3.8, 4) is 0 Å². The lowest BCUT2D eigenvalue weighted by Gasteiger charge is -2.31. The molecule has 1 heterocycles. The third kappa shape index (κ3) is 3.15. The van der Waals surface area contributed by atoms with Crippen LogP contribution in [0.3, 0.4) is 0 Å². The molecule has 0 radical (unpaired) electrons. The minimum Gasteiger partial charge on any atom is -0.395 e. The summed E-state index contributed by atoms with van der Waals surface area (Å²) in [6, 6.07) is 0.401. The Morgan fingerprint density at radius 2 is 2.12 bits per heavy atom. The lowest BCUT2D eigenvalue weighted by Crippen LogP contribution is -2.37. The van der Waals surface area contributed by atoms with Crippen LogP contribution in [0.2, 0.25) is 0 Å². The van der Waals surface area contributed by atoms with E-state index in [4.69, 9.17) is 5.11 Å². The van der Waals surface area contributed by atoms with E-state index in [1.807, 2.05) is 0 Å². The van der Waals surface area contributed by atoms with Gasteiger partial charge in [-0.2, -0.15) is 0 Å². The Morgan fingerprint density at radius 1 is 1.44 bits per heavy atom. The molecule has 0 bridgehead atoms. The van der Waals surface area contributed by atoms with Crippen molar-refractivity contribution < 1.29 is 5.11 Å². The molecule has 1 aromatic rings. The summed E-state index contributed by atoms with van der Waals surface area (Å²) < 4.78 is 0.871. The molecule has 0 saturated heterocycles. The zero-order chi connectivity index (χ0) is 12.0. The number of nitrogens with zero attached hydrogens (tertiary/aromatic N) is 3. The van der Waals surface area contributed by atoms with E-state index in [2.05, 4.69) is 44.6 Å². The van der Waals surface area contributed by atoms with Gasteiger partial charge in [0.1, 0.15) is 12.1 Å². The molecule has 0 aliphatic carbocycles. The van der Waals surface area contributed by atoms with Gasteiger partial charge in [-0.25, -0.2) is 9.97 Å². The Labute approximate surface area is 105 Å². The second-order valence-electron chi connectivity index (χ2n) is 3.58. The molecule has 0 unspecified atom stereocenters. The molecule has 90 valence electrons. The van der Waals surface area contributed by atoms with Crippen LogP contribution < -0.4 is 4.90 Å². The molecule has 1 N–H and O–H groups in total. The Balaban J connectivity index is 2.97. The fraction of sp³-hybridized carbons (Fsp3) is 0.636. The van der Waals surface area contributed by atoms with Crippen LogP contribution in [0.5, 0.6) is 0 Å². The molecule has 4 nitrogen and oxygen atoms in total. The minimum absolute atomic E-state index is 0.132. The van der Waals surface area contributed by atoms with Gasteiger partial charge in [-0.1, -0.05) is 13.8 Å². The van der Waals surface area contributed by atoms with Crippen molar-refractivity contribution in [1.82, 2.24) is 9.97 Å². The van der Waals surface area contributed by atoms with Crippen LogP contribution in [0.15, 0.2) is 17.0 Å². The van der Waals surface area contributed by atoms with Crippen LogP contribution in [-0.2, 0) is 0 Å². The minimum atomic E-state index is 0.132. The molecule has 0 spiro atoms. The molecule has 0 saturated carbocycles. The van der Waals surface area contributed by atoms with Crippen LogP contribution in [0.1, 0.15) is 26.7 Å². The van der Waals surface area contributed by atoms with Crippen molar-refractivity contribution in [2.75, 3.05) is 18.1 Å². The smallest absolute Gasteiger partial charge is 0.146 e. The highest BCUT2D eigenvalue weighted by atomic mass is 79.9. The van der Waals surface area contributed by atoms with Gasteiger partial charge in [0, 0.05) is 18.8 Å². The zero-order valence-electron chi connectivity index (χ0n) is 9.73. The van der Waals surface area contributed by atoms with E-state index in [0.29, 0.717) is 12.6 Å². The predicted octanol–water partition coefficient (Wildman–Crippen LogP) is 2.23. The van der Waals surface area contributed by atoms with Crippen molar-refractivity contribution in [1.29, 1.82) is 0 Å². The maximum Gasteiger partial charge on any atom is 0.146 e. The average Bonchev–Trinajstić information content (AvgIpc) is 2.30. The maximum absolute atomic E-state index is 9.13. The van der Waals surface area contributed by atoms with Gasteiger partial charge in [0.2, 0.25) is 0 Å². The SMILES string of the molecule is CCC(CC)N(CCO)c1ncncc1Br. The highest BCUT2D eigenvalue weighted by Gasteiger charge is 2.18. The molecule has 1 rings (SSSR count). The van der Waals surface area contributed by atoms with Crippen molar-refractivity contribution >= 4 is 21.7 Å². The summed E-state index contributed by atoms with van der Waals surface area (Å²) in [5.74, 6) is 0.859. The molecule has 16 heavy (non-hydrogen) atoms. The number of aliphatic hydroxyl groups is 1. The monoisotopic (exact) mass is 287 g/mol. The van der Waals surface area contributed by atoms with Gasteiger partial charge >= 0.3 is 0 Å². The fourth-order valence-corrected chi connectivity index (χ4v) is 2.26. The summed E-state index contributed by atoms with van der Waals surface area (Å²) in [5, 5.41) is 9.13. The molecule has 5 heteroatoms. The molecule has 0 atom stereocenters. The van der Waals surface area contributed by atoms with Gasteiger partial charge in [-0.15, -0.1) is 0 Å². The van der Waals surface area contributed by atoms with Gasteiger partial charge in [-0.3, -0.25) is 0 Å². The topological polar surface area (TPSA) is 49.2 Å². The molecule has 0 aromatic carbocycles. The standard InChI is InChI=1S/C11H18BrN3O/c1-3-9(4-2)15(5-6-16)11-10(12)7-13-8-14-11/h7-9,16H,3-6H2,1-2H3. The van der Waals surface area contributed by atoms with E-state index >= 15 is 0 Å². The lowest BCUT2D eigenvalue weighted by molar-refractivity contribution is 0.295. The maximum atomic E-state index is 9.13. The molecule has 0 aliphatic heterocycles. The average molecular weight is 288 g/mol. The lowest BCUT2D eigenvalue weighted by atomic mass is 10.1. The Hall–Kier alpha value is -0.680. The number of aliphatic hydroxyl groups excluding tert-OH is 1. The first kappa shape index (κ1) is 13.4. The first-order valence-electron chi connectivity index (χ1n) is 5.57. The second-order valence-corrected chi connectivity index (χ2v) is 4.44. The van der Waals surface area contributed by atoms with Crippen LogP contribution in [0.25, 0.3) is 0 Å². The summed E-state index contributed by atoms with van der Waals surface area (Å²) >= 11 is 3.45. The number of rotatable bonds is 6. The van der Waals surface area contributed by atoms with Crippen LogP contribution in [0.4, 0.5) is 5.82 Å². The van der Waals surface area contributed by atoms with E-state index in [-0.39, 0.29) is 6.61 Å². The number of aromatic nitrogens is 2. The van der Waals surface area contributed by atoms with E-state index in [9.17, 15) is 0 Å². The quantitative estimate of drug-likeness (QED) is 0.872. The first-order chi connectivity index (χ1) is 7.74. The van der Waals surface area contributed by atoms with Gasteiger partial charge in [-0.05, 0) is 28.8 Å². The first-order valence-corrected chi connectivity index (χ1v) is 6.36. The van der Waals surface area contributed by atoms with Crippen molar-refractivity contribution in [3.05, 3.63) is 17.0 Å². The number of anilines is 1. The Morgan fingerprint density at radius 3 is 2.62 bits per heavy atom. The highest BCUT2D eigenvalue weighted by Crippen LogP contribution is 2.25. The van der Waals surface area contributed by atoms with Gasteiger partial charge < -0.3 is 10.0 Å². The summed E-state index contributed by atoms with van der Waals surface area (Å²) in [5.41, 5.74) is 0. The van der Waals surface area contributed by atoms with E-state index in [1.165, 1.54) is 6.33 Å². The van der Waals surface area contributed by atoms with Crippen molar-refractivity contribution in [3.63, 3.8) is 0 Å². The fourth-order valence-electron chi connectivity index (χ4n) is 1.82. The predicted molar refractivity (Wildman–Crippen MR) is 68.5 cm³/mol. The van der Waals surface area contributed by atoms with E-state index < -0.39 is 0 Å². The largest absolute Gasteiger partial charge is 0.395 e. The van der Waals surface area contributed by atoms with E-state index in [1.54, 1.807) is 6.20 Å². The zero-order valence-corrected chi connectivity index (χ0v) is 11.3. The van der Waals surface area contributed by atoms with Crippen LogP contribution in [-0.4, -0.2) is 34.3 Å². The third-order valence-electron chi connectivity index (χ3n) is 2.64. The molecule has 0 aliphatic rings. The summed E-state index contributed by atoms with van der Waals surface area (Å²) in [4.78, 5) is 10.4. The van der Waals surface area contributed by atoms with Crippen LogP contribution >= 0.6 is 15.9 Å². The molecular formula is C11H18BrN3O.